The standard InChI is InChI=1S/C17H12N6O3S/c18-8-11(16-14(9-19)17(20)23-22-16)7-12-3-6-15(26-12)10-1-4-13(5-2-10)27(21,24)25/h1-7H,(H3,20,22,23)(H2,21,24,25). The molecule has 0 bridgehead atoms. The molecule has 0 saturated carbocycles. The van der Waals surface area contributed by atoms with Gasteiger partial charge < -0.3 is 10.2 Å². The Morgan fingerprint density at radius 3 is 2.48 bits per heavy atom. The first-order valence-electron chi connectivity index (χ1n) is 7.42. The highest BCUT2D eigenvalue weighted by atomic mass is 32.2. The molecule has 2 aromatic heterocycles. The van der Waals surface area contributed by atoms with E-state index in [1.165, 1.54) is 18.2 Å². The van der Waals surface area contributed by atoms with Crippen LogP contribution >= 0.6 is 0 Å². The van der Waals surface area contributed by atoms with Gasteiger partial charge in [-0.3, -0.25) is 5.10 Å². The van der Waals surface area contributed by atoms with Gasteiger partial charge in [0.1, 0.15) is 29.2 Å². The third-order valence-electron chi connectivity index (χ3n) is 3.68. The summed E-state index contributed by atoms with van der Waals surface area (Å²) in [5, 5.41) is 29.9. The van der Waals surface area contributed by atoms with Crippen molar-refractivity contribution < 1.29 is 12.8 Å². The van der Waals surface area contributed by atoms with E-state index in [4.69, 9.17) is 20.6 Å². The Kier molecular flexibility index (Phi) is 4.52. The number of nitrogens with two attached hydrogens (primary N) is 2. The third kappa shape index (κ3) is 3.57. The summed E-state index contributed by atoms with van der Waals surface area (Å²) in [4.78, 5) is -0.00874. The summed E-state index contributed by atoms with van der Waals surface area (Å²) in [5.41, 5.74) is 6.62. The van der Waals surface area contributed by atoms with E-state index in [1.54, 1.807) is 24.3 Å². The lowest BCUT2D eigenvalue weighted by Crippen LogP contribution is -2.11. The molecule has 10 heteroatoms. The van der Waals surface area contributed by atoms with E-state index in [2.05, 4.69) is 10.2 Å². The van der Waals surface area contributed by atoms with Gasteiger partial charge in [-0.2, -0.15) is 15.6 Å². The molecule has 27 heavy (non-hydrogen) atoms. The zero-order valence-electron chi connectivity index (χ0n) is 13.7. The summed E-state index contributed by atoms with van der Waals surface area (Å²) in [5.74, 6) is 0.821. The van der Waals surface area contributed by atoms with Crippen LogP contribution in [-0.4, -0.2) is 18.6 Å². The quantitative estimate of drug-likeness (QED) is 0.578. The van der Waals surface area contributed by atoms with E-state index < -0.39 is 10.0 Å². The van der Waals surface area contributed by atoms with Crippen LogP contribution in [0.5, 0.6) is 0 Å². The lowest BCUT2D eigenvalue weighted by molar-refractivity contribution is 0.571. The van der Waals surface area contributed by atoms with E-state index in [0.29, 0.717) is 17.1 Å². The lowest BCUT2D eigenvalue weighted by atomic mass is 10.1. The van der Waals surface area contributed by atoms with Gasteiger partial charge in [0.2, 0.25) is 10.0 Å². The molecule has 0 fully saturated rings. The summed E-state index contributed by atoms with van der Waals surface area (Å²) in [7, 11) is -3.77. The van der Waals surface area contributed by atoms with Crippen LogP contribution in [0.4, 0.5) is 5.82 Å². The highest BCUT2D eigenvalue weighted by Crippen LogP contribution is 2.27. The maximum absolute atomic E-state index is 11.3. The molecule has 3 rings (SSSR count). The van der Waals surface area contributed by atoms with Crippen LogP contribution < -0.4 is 10.9 Å². The second-order valence-corrected chi connectivity index (χ2v) is 6.97. The Hall–Kier alpha value is -3.86. The number of hydrogen-bond acceptors (Lipinski definition) is 7. The number of sulfonamides is 1. The van der Waals surface area contributed by atoms with Crippen LogP contribution in [0.2, 0.25) is 0 Å². The van der Waals surface area contributed by atoms with Gasteiger partial charge in [-0.15, -0.1) is 0 Å². The Labute approximate surface area is 154 Å². The molecule has 3 aromatic rings. The number of aromatic amines is 1. The maximum Gasteiger partial charge on any atom is 0.238 e. The number of rotatable bonds is 4. The zero-order chi connectivity index (χ0) is 19.6. The number of benzene rings is 1. The average molecular weight is 380 g/mol. The van der Waals surface area contributed by atoms with Crippen molar-refractivity contribution in [1.82, 2.24) is 10.2 Å². The fraction of sp³-hybridized carbons (Fsp3) is 0. The van der Waals surface area contributed by atoms with Gasteiger partial charge in [0.05, 0.1) is 16.2 Å². The molecule has 2 heterocycles. The normalized spacial score (nSPS) is 11.7. The molecule has 0 aliphatic heterocycles. The summed E-state index contributed by atoms with van der Waals surface area (Å²) in [6, 6.07) is 13.0. The van der Waals surface area contributed by atoms with Crippen molar-refractivity contribution in [2.24, 2.45) is 5.14 Å². The van der Waals surface area contributed by atoms with Crippen LogP contribution in [0.3, 0.4) is 0 Å². The second kappa shape index (κ2) is 6.80. The predicted octanol–water partition coefficient (Wildman–Crippen LogP) is 1.84. The number of H-pyrrole nitrogens is 1. The van der Waals surface area contributed by atoms with Crippen molar-refractivity contribution in [3.63, 3.8) is 0 Å². The average Bonchev–Trinajstić information content (AvgIpc) is 3.25. The minimum absolute atomic E-state index is 0.00345. The van der Waals surface area contributed by atoms with Crippen LogP contribution in [-0.2, 0) is 10.0 Å². The summed E-state index contributed by atoms with van der Waals surface area (Å²) in [6.07, 6.45) is 1.44. The summed E-state index contributed by atoms with van der Waals surface area (Å²) >= 11 is 0. The van der Waals surface area contributed by atoms with Crippen molar-refractivity contribution in [2.75, 3.05) is 5.73 Å². The van der Waals surface area contributed by atoms with Crippen LogP contribution in [0.25, 0.3) is 23.0 Å². The van der Waals surface area contributed by atoms with Gasteiger partial charge in [0, 0.05) is 11.6 Å². The molecule has 0 aliphatic rings. The number of nitrogen functional groups attached to an aromatic ring is 1. The second-order valence-electron chi connectivity index (χ2n) is 5.41. The molecule has 0 saturated heterocycles. The third-order valence-corrected chi connectivity index (χ3v) is 4.61. The van der Waals surface area contributed by atoms with Gasteiger partial charge in [-0.25, -0.2) is 13.6 Å². The number of furan rings is 1. The minimum Gasteiger partial charge on any atom is -0.457 e. The van der Waals surface area contributed by atoms with Gasteiger partial charge in [0.15, 0.2) is 5.82 Å². The monoisotopic (exact) mass is 380 g/mol. The highest BCUT2D eigenvalue weighted by molar-refractivity contribution is 7.89. The Morgan fingerprint density at radius 2 is 1.89 bits per heavy atom. The molecular weight excluding hydrogens is 368 g/mol. The van der Waals surface area contributed by atoms with Crippen LogP contribution in [0, 0.1) is 22.7 Å². The minimum atomic E-state index is -3.77. The number of hydrogen-bond donors (Lipinski definition) is 3. The Bertz CT molecular complexity index is 1220. The SMILES string of the molecule is N#CC(=Cc1ccc(-c2ccc(S(N)(=O)=O)cc2)o1)c1[nH]nc(N)c1C#N. The van der Waals surface area contributed by atoms with Crippen molar-refractivity contribution in [3.8, 4) is 23.5 Å². The largest absolute Gasteiger partial charge is 0.457 e. The van der Waals surface area contributed by atoms with Gasteiger partial charge in [-0.1, -0.05) is 0 Å². The number of allylic oxidation sites excluding steroid dienone is 1. The molecule has 0 amide bonds. The van der Waals surface area contributed by atoms with Crippen molar-refractivity contribution in [2.45, 2.75) is 4.90 Å². The first-order chi connectivity index (χ1) is 12.8. The fourth-order valence-electron chi connectivity index (χ4n) is 2.36. The van der Waals surface area contributed by atoms with Crippen LogP contribution in [0.15, 0.2) is 45.7 Å². The predicted molar refractivity (Wildman–Crippen MR) is 96.7 cm³/mol. The molecular formula is C17H12N6O3S. The number of anilines is 1. The first-order valence-corrected chi connectivity index (χ1v) is 8.97. The topological polar surface area (TPSA) is 176 Å². The van der Waals surface area contributed by atoms with Crippen molar-refractivity contribution in [1.29, 1.82) is 10.5 Å². The molecule has 0 spiro atoms. The molecule has 134 valence electrons. The van der Waals surface area contributed by atoms with Crippen LogP contribution in [0.1, 0.15) is 17.0 Å². The fourth-order valence-corrected chi connectivity index (χ4v) is 2.88. The van der Waals surface area contributed by atoms with Crippen molar-refractivity contribution in [3.05, 3.63) is 53.4 Å². The Balaban J connectivity index is 1.94. The smallest absolute Gasteiger partial charge is 0.238 e. The molecule has 9 nitrogen and oxygen atoms in total. The first kappa shape index (κ1) is 17.9. The molecule has 0 aliphatic carbocycles. The number of nitrogens with zero attached hydrogens (tertiary/aromatic N) is 3. The highest BCUT2D eigenvalue weighted by Gasteiger charge is 2.15. The number of aromatic nitrogens is 2. The molecule has 5 N–H and O–H groups in total. The summed E-state index contributed by atoms with van der Waals surface area (Å²) < 4.78 is 28.3. The molecule has 0 atom stereocenters. The lowest BCUT2D eigenvalue weighted by Gasteiger charge is -2.00. The van der Waals surface area contributed by atoms with E-state index >= 15 is 0 Å². The number of primary sulfonamides is 1. The van der Waals surface area contributed by atoms with Gasteiger partial charge in [0.25, 0.3) is 0 Å². The number of nitriles is 2. The van der Waals surface area contributed by atoms with E-state index in [1.807, 2.05) is 12.1 Å². The van der Waals surface area contributed by atoms with E-state index in [-0.39, 0.29) is 27.5 Å². The molecule has 0 unspecified atom stereocenters. The number of nitrogens with one attached hydrogen (secondary N) is 1. The Morgan fingerprint density at radius 1 is 1.19 bits per heavy atom. The van der Waals surface area contributed by atoms with Gasteiger partial charge >= 0.3 is 0 Å². The zero-order valence-corrected chi connectivity index (χ0v) is 14.5. The summed E-state index contributed by atoms with van der Waals surface area (Å²) in [6.45, 7) is 0. The van der Waals surface area contributed by atoms with Gasteiger partial charge in [-0.05, 0) is 36.4 Å². The van der Waals surface area contributed by atoms with E-state index in [9.17, 15) is 13.7 Å². The van der Waals surface area contributed by atoms with E-state index in [0.717, 1.165) is 0 Å². The molecule has 1 aromatic carbocycles. The molecule has 0 radical (unpaired) electrons. The van der Waals surface area contributed by atoms with Crippen molar-refractivity contribution >= 4 is 27.5 Å². The maximum atomic E-state index is 11.3.